The lowest BCUT2D eigenvalue weighted by Crippen LogP contribution is -2.16. The van der Waals surface area contributed by atoms with Crippen molar-refractivity contribution in [3.8, 4) is 11.5 Å². The molecule has 2 aromatic rings. The van der Waals surface area contributed by atoms with Gasteiger partial charge in [-0.15, -0.1) is 6.58 Å². The van der Waals surface area contributed by atoms with E-state index >= 15 is 0 Å². The number of alkyl halides is 2. The fourth-order valence-electron chi connectivity index (χ4n) is 2.80. The number of rotatable bonds is 10. The van der Waals surface area contributed by atoms with Crippen LogP contribution < -0.4 is 15.2 Å². The van der Waals surface area contributed by atoms with Crippen LogP contribution in [-0.2, 0) is 11.4 Å². The third kappa shape index (κ3) is 5.34. The van der Waals surface area contributed by atoms with Crippen molar-refractivity contribution >= 4 is 11.6 Å². The van der Waals surface area contributed by atoms with Gasteiger partial charge in [0.15, 0.2) is 23.9 Å². The van der Waals surface area contributed by atoms with E-state index in [0.29, 0.717) is 17.7 Å². The molecule has 7 nitrogen and oxygen atoms in total. The minimum Gasteiger partial charge on any atom is -0.493 e. The quantitative estimate of drug-likeness (QED) is 0.214. The molecule has 1 aromatic heterocycles. The van der Waals surface area contributed by atoms with E-state index in [4.69, 9.17) is 15.3 Å². The number of aromatic nitrogens is 1. The van der Waals surface area contributed by atoms with Crippen LogP contribution in [0.25, 0.3) is 0 Å². The van der Waals surface area contributed by atoms with Crippen LogP contribution in [0, 0.1) is 13.8 Å². The van der Waals surface area contributed by atoms with Gasteiger partial charge in [-0.1, -0.05) is 11.2 Å². The van der Waals surface area contributed by atoms with Crippen molar-refractivity contribution in [2.45, 2.75) is 27.0 Å². The van der Waals surface area contributed by atoms with E-state index in [1.54, 1.807) is 12.1 Å². The van der Waals surface area contributed by atoms with E-state index < -0.39 is 6.61 Å². The van der Waals surface area contributed by atoms with Crippen LogP contribution in [0.4, 0.5) is 8.78 Å². The number of hydrogen-bond donors (Lipinski definition) is 1. The topological polar surface area (TPSA) is 88.1 Å². The summed E-state index contributed by atoms with van der Waals surface area (Å²) in [5, 5.41) is 3.73. The molecule has 0 bridgehead atoms. The smallest absolute Gasteiger partial charge is 0.387 e. The Kier molecular flexibility index (Phi) is 7.35. The number of benzene rings is 1. The highest BCUT2D eigenvalue weighted by Crippen LogP contribution is 2.29. The number of carbonyl (C=O) groups excluding carboxylic acids is 1. The molecule has 0 aliphatic rings. The number of oxime groups is 1. The van der Waals surface area contributed by atoms with Crippen LogP contribution in [0.3, 0.4) is 0 Å². The molecule has 0 saturated heterocycles. The number of aryl methyl sites for hydroxylation is 1. The first-order valence-corrected chi connectivity index (χ1v) is 8.68. The lowest BCUT2D eigenvalue weighted by molar-refractivity contribution is -0.0512. The molecule has 0 amide bonds. The maximum Gasteiger partial charge on any atom is 0.387 e. The third-order valence-corrected chi connectivity index (χ3v) is 4.22. The predicted molar refractivity (Wildman–Crippen MR) is 105 cm³/mol. The van der Waals surface area contributed by atoms with Gasteiger partial charge in [0.1, 0.15) is 0 Å². The first-order valence-electron chi connectivity index (χ1n) is 8.68. The number of nitrogens with two attached hydrogens (primary N) is 1. The van der Waals surface area contributed by atoms with Gasteiger partial charge in [-0.05, 0) is 38.1 Å². The second-order valence-corrected chi connectivity index (χ2v) is 6.10. The largest absolute Gasteiger partial charge is 0.493 e. The Hall–Kier alpha value is -3.36. The number of allylic oxidation sites excluding steroid dienone is 1. The molecule has 2 rings (SSSR count). The summed E-state index contributed by atoms with van der Waals surface area (Å²) in [5.41, 5.74) is 8.49. The van der Waals surface area contributed by atoms with Gasteiger partial charge in [-0.25, -0.2) is 0 Å². The number of ether oxygens (including phenoxy) is 2. The van der Waals surface area contributed by atoms with Crippen molar-refractivity contribution in [3.05, 3.63) is 59.4 Å². The average Bonchev–Trinajstić information content (AvgIpc) is 2.96. The second kappa shape index (κ2) is 9.72. The number of halogens is 2. The van der Waals surface area contributed by atoms with E-state index in [1.165, 1.54) is 25.3 Å². The summed E-state index contributed by atoms with van der Waals surface area (Å²) in [6.07, 6.45) is 1.75. The number of ketones is 1. The summed E-state index contributed by atoms with van der Waals surface area (Å²) in [6, 6.07) is 5.87. The number of hydrogen-bond acceptors (Lipinski definition) is 5. The van der Waals surface area contributed by atoms with Crippen molar-refractivity contribution in [3.63, 3.8) is 0 Å². The predicted octanol–water partition coefficient (Wildman–Crippen LogP) is 3.42. The summed E-state index contributed by atoms with van der Waals surface area (Å²) < 4.78 is 36.1. The monoisotopic (exact) mass is 407 g/mol. The highest BCUT2D eigenvalue weighted by atomic mass is 19.3. The molecule has 1 heterocycles. The molecule has 0 spiro atoms. The number of amidine groups is 1. The minimum atomic E-state index is -2.98. The molecule has 0 aliphatic heterocycles. The van der Waals surface area contributed by atoms with Crippen molar-refractivity contribution in [2.24, 2.45) is 10.9 Å². The molecular formula is C20H23F2N3O4. The molecule has 0 unspecified atom stereocenters. The van der Waals surface area contributed by atoms with E-state index in [1.807, 2.05) is 18.4 Å². The van der Waals surface area contributed by atoms with E-state index in [0.717, 1.165) is 11.4 Å². The minimum absolute atomic E-state index is 0.0446. The van der Waals surface area contributed by atoms with Crippen molar-refractivity contribution in [1.82, 2.24) is 4.57 Å². The maximum atomic E-state index is 12.4. The van der Waals surface area contributed by atoms with Gasteiger partial charge in [0.25, 0.3) is 0 Å². The molecule has 2 N–H and O–H groups in total. The van der Waals surface area contributed by atoms with Crippen LogP contribution in [0.5, 0.6) is 11.5 Å². The lowest BCUT2D eigenvalue weighted by atomic mass is 10.1. The Labute approximate surface area is 167 Å². The van der Waals surface area contributed by atoms with E-state index in [-0.39, 0.29) is 29.7 Å². The normalized spacial score (nSPS) is 11.4. The maximum absolute atomic E-state index is 12.4. The van der Waals surface area contributed by atoms with Crippen LogP contribution >= 0.6 is 0 Å². The molecule has 156 valence electrons. The third-order valence-electron chi connectivity index (χ3n) is 4.22. The molecule has 0 aliphatic carbocycles. The number of nitrogens with zero attached hydrogens (tertiary/aromatic N) is 2. The van der Waals surface area contributed by atoms with Crippen molar-refractivity contribution in [2.75, 3.05) is 13.7 Å². The number of carbonyl (C=O) groups is 1. The molecular weight excluding hydrogens is 384 g/mol. The second-order valence-electron chi connectivity index (χ2n) is 6.10. The Morgan fingerprint density at radius 3 is 2.66 bits per heavy atom. The summed E-state index contributed by atoms with van der Waals surface area (Å²) in [4.78, 5) is 17.5. The standard InChI is InChI=1S/C20H23F2N3O4/c1-5-8-25-12(2)9-15(13(25)3)16(26)11-28-24-19(23)14-6-7-17(29-20(21)22)18(10-14)27-4/h5-7,9-10,20H,1,8,11H2,2-4H3,(H2,23,24). The van der Waals surface area contributed by atoms with Gasteiger partial charge in [0.05, 0.1) is 7.11 Å². The number of methoxy groups -OCH3 is 1. The molecule has 0 atom stereocenters. The van der Waals surface area contributed by atoms with Gasteiger partial charge in [0, 0.05) is 29.1 Å². The fraction of sp³-hybridized carbons (Fsp3) is 0.300. The molecule has 0 fully saturated rings. The Morgan fingerprint density at radius 2 is 2.03 bits per heavy atom. The first kappa shape index (κ1) is 21.9. The van der Waals surface area contributed by atoms with Gasteiger partial charge in [-0.3, -0.25) is 4.79 Å². The van der Waals surface area contributed by atoms with Crippen LogP contribution in [0.15, 0.2) is 42.1 Å². The van der Waals surface area contributed by atoms with Crippen molar-refractivity contribution < 1.29 is 27.9 Å². The first-order chi connectivity index (χ1) is 13.8. The van der Waals surface area contributed by atoms with Crippen molar-refractivity contribution in [1.29, 1.82) is 0 Å². The highest BCUT2D eigenvalue weighted by Gasteiger charge is 2.16. The van der Waals surface area contributed by atoms with Gasteiger partial charge in [0.2, 0.25) is 5.78 Å². The summed E-state index contributed by atoms with van der Waals surface area (Å²) in [7, 11) is 1.31. The number of Topliss-reactive ketones (excluding diaryl/α,β-unsaturated/α-hetero) is 1. The SMILES string of the molecule is C=CCn1c(C)cc(C(=O)CO/N=C(/N)c2ccc(OC(F)F)c(OC)c2)c1C. The summed E-state index contributed by atoms with van der Waals surface area (Å²) in [6.45, 7) is 4.77. The fourth-order valence-corrected chi connectivity index (χ4v) is 2.80. The molecule has 29 heavy (non-hydrogen) atoms. The molecule has 0 saturated carbocycles. The summed E-state index contributed by atoms with van der Waals surface area (Å²) in [5.74, 6) is -0.364. The summed E-state index contributed by atoms with van der Waals surface area (Å²) >= 11 is 0. The van der Waals surface area contributed by atoms with E-state index in [2.05, 4.69) is 16.5 Å². The highest BCUT2D eigenvalue weighted by molar-refractivity contribution is 5.99. The average molecular weight is 407 g/mol. The van der Waals surface area contributed by atoms with Crippen LogP contribution in [0.1, 0.15) is 27.3 Å². The van der Waals surface area contributed by atoms with Gasteiger partial charge in [-0.2, -0.15) is 8.78 Å². The zero-order valence-electron chi connectivity index (χ0n) is 16.4. The van der Waals surface area contributed by atoms with E-state index in [9.17, 15) is 13.6 Å². The molecule has 1 aromatic carbocycles. The Bertz CT molecular complexity index is 923. The van der Waals surface area contributed by atoms with Crippen LogP contribution in [-0.4, -0.2) is 36.5 Å². The molecule has 0 radical (unpaired) electrons. The Balaban J connectivity index is 2.07. The zero-order chi connectivity index (χ0) is 21.6. The van der Waals surface area contributed by atoms with Gasteiger partial charge >= 0.3 is 6.61 Å². The van der Waals surface area contributed by atoms with Gasteiger partial charge < -0.3 is 24.6 Å². The Morgan fingerprint density at radius 1 is 1.31 bits per heavy atom. The molecule has 9 heteroatoms. The zero-order valence-corrected chi connectivity index (χ0v) is 16.4. The van der Waals surface area contributed by atoms with Crippen LogP contribution in [0.2, 0.25) is 0 Å². The lowest BCUT2D eigenvalue weighted by Gasteiger charge is -2.11.